The summed E-state index contributed by atoms with van der Waals surface area (Å²) in [6, 6.07) is 20.8. The van der Waals surface area contributed by atoms with Crippen molar-refractivity contribution in [2.24, 2.45) is 0 Å². The van der Waals surface area contributed by atoms with Crippen LogP contribution in [0.4, 0.5) is 10.1 Å². The van der Waals surface area contributed by atoms with Gasteiger partial charge in [0.15, 0.2) is 12.4 Å². The van der Waals surface area contributed by atoms with Crippen LogP contribution in [0.2, 0.25) is 0 Å². The van der Waals surface area contributed by atoms with Gasteiger partial charge in [0.05, 0.1) is 22.3 Å². The van der Waals surface area contributed by atoms with E-state index >= 15 is 0 Å². The van der Waals surface area contributed by atoms with E-state index in [0.717, 1.165) is 11.3 Å². The Kier molecular flexibility index (Phi) is 5.42. The molecule has 0 unspecified atom stereocenters. The SMILES string of the molecule is O=C(COc1nc(-c2ccc(-n3cncn3)cc2)nc2ccccc12)Nc1ccccc1F. The fraction of sp³-hybridized carbons (Fsp3) is 0.0417. The summed E-state index contributed by atoms with van der Waals surface area (Å²) >= 11 is 0. The molecule has 0 aliphatic rings. The second-order valence-electron chi connectivity index (χ2n) is 7.07. The number of para-hydroxylation sites is 2. The highest BCUT2D eigenvalue weighted by atomic mass is 19.1. The van der Waals surface area contributed by atoms with Crippen molar-refractivity contribution in [2.75, 3.05) is 11.9 Å². The Balaban J connectivity index is 1.40. The number of anilines is 1. The minimum Gasteiger partial charge on any atom is -0.467 e. The Morgan fingerprint density at radius 3 is 2.55 bits per heavy atom. The number of halogens is 1. The number of carbonyl (C=O) groups is 1. The molecule has 0 fully saturated rings. The van der Waals surface area contributed by atoms with Gasteiger partial charge in [-0.1, -0.05) is 24.3 Å². The number of hydrogen-bond donors (Lipinski definition) is 1. The third-order valence-corrected chi connectivity index (χ3v) is 4.86. The van der Waals surface area contributed by atoms with E-state index in [1.54, 1.807) is 23.1 Å². The van der Waals surface area contributed by atoms with Crippen LogP contribution in [0.5, 0.6) is 5.88 Å². The highest BCUT2D eigenvalue weighted by Crippen LogP contribution is 2.27. The first-order chi connectivity index (χ1) is 16.2. The molecule has 162 valence electrons. The van der Waals surface area contributed by atoms with Crippen molar-refractivity contribution < 1.29 is 13.9 Å². The van der Waals surface area contributed by atoms with Crippen LogP contribution in [-0.2, 0) is 4.79 Å². The topological polar surface area (TPSA) is 94.8 Å². The van der Waals surface area contributed by atoms with Crippen LogP contribution < -0.4 is 10.1 Å². The van der Waals surface area contributed by atoms with Crippen LogP contribution in [0.3, 0.4) is 0 Å². The van der Waals surface area contributed by atoms with Gasteiger partial charge in [-0.2, -0.15) is 10.1 Å². The monoisotopic (exact) mass is 440 g/mol. The van der Waals surface area contributed by atoms with E-state index in [-0.39, 0.29) is 18.2 Å². The van der Waals surface area contributed by atoms with Crippen LogP contribution in [-0.4, -0.2) is 37.2 Å². The number of nitrogens with one attached hydrogen (secondary N) is 1. The van der Waals surface area contributed by atoms with Gasteiger partial charge in [-0.05, 0) is 48.5 Å². The summed E-state index contributed by atoms with van der Waals surface area (Å²) in [7, 11) is 0. The summed E-state index contributed by atoms with van der Waals surface area (Å²) in [4.78, 5) is 25.4. The number of hydrogen-bond acceptors (Lipinski definition) is 6. The van der Waals surface area contributed by atoms with Crippen molar-refractivity contribution in [3.63, 3.8) is 0 Å². The van der Waals surface area contributed by atoms with Gasteiger partial charge < -0.3 is 10.1 Å². The first-order valence-corrected chi connectivity index (χ1v) is 10.1. The number of nitrogens with zero attached hydrogens (tertiary/aromatic N) is 5. The van der Waals surface area contributed by atoms with E-state index in [1.807, 2.05) is 48.5 Å². The van der Waals surface area contributed by atoms with Crippen molar-refractivity contribution in [1.82, 2.24) is 24.7 Å². The van der Waals surface area contributed by atoms with Crippen molar-refractivity contribution in [3.05, 3.63) is 91.3 Å². The zero-order chi connectivity index (χ0) is 22.6. The molecule has 5 rings (SSSR count). The third-order valence-electron chi connectivity index (χ3n) is 4.86. The fourth-order valence-electron chi connectivity index (χ4n) is 3.27. The maximum Gasteiger partial charge on any atom is 0.262 e. The largest absolute Gasteiger partial charge is 0.467 e. The maximum absolute atomic E-state index is 13.8. The number of fused-ring (bicyclic) bond motifs is 1. The van der Waals surface area contributed by atoms with Gasteiger partial charge in [0.2, 0.25) is 5.88 Å². The first kappa shape index (κ1) is 20.3. The lowest BCUT2D eigenvalue weighted by atomic mass is 10.1. The predicted octanol–water partition coefficient (Wildman–Crippen LogP) is 4.03. The van der Waals surface area contributed by atoms with E-state index in [2.05, 4.69) is 25.4 Å². The highest BCUT2D eigenvalue weighted by molar-refractivity contribution is 5.92. The molecule has 0 spiro atoms. The normalized spacial score (nSPS) is 10.8. The Bertz CT molecular complexity index is 1420. The summed E-state index contributed by atoms with van der Waals surface area (Å²) in [5, 5.41) is 7.28. The summed E-state index contributed by atoms with van der Waals surface area (Å²) in [5.74, 6) is -0.306. The van der Waals surface area contributed by atoms with Crippen molar-refractivity contribution in [3.8, 4) is 23.0 Å². The summed E-state index contributed by atoms with van der Waals surface area (Å²) < 4.78 is 21.2. The number of rotatable bonds is 6. The van der Waals surface area contributed by atoms with Crippen molar-refractivity contribution >= 4 is 22.5 Å². The molecule has 0 bridgehead atoms. The molecule has 0 saturated heterocycles. The molecule has 8 nitrogen and oxygen atoms in total. The van der Waals surface area contributed by atoms with Gasteiger partial charge in [-0.15, -0.1) is 0 Å². The van der Waals surface area contributed by atoms with Gasteiger partial charge in [-0.25, -0.2) is 19.0 Å². The molecule has 0 radical (unpaired) electrons. The summed E-state index contributed by atoms with van der Waals surface area (Å²) in [5.41, 5.74) is 2.38. The van der Waals surface area contributed by atoms with E-state index < -0.39 is 11.7 Å². The molecule has 0 aliphatic heterocycles. The molecule has 3 aromatic carbocycles. The molecular weight excluding hydrogens is 423 g/mol. The third kappa shape index (κ3) is 4.38. The predicted molar refractivity (Wildman–Crippen MR) is 120 cm³/mol. The van der Waals surface area contributed by atoms with E-state index in [0.29, 0.717) is 16.7 Å². The quantitative estimate of drug-likeness (QED) is 0.428. The molecule has 2 heterocycles. The van der Waals surface area contributed by atoms with Gasteiger partial charge in [0.1, 0.15) is 18.5 Å². The van der Waals surface area contributed by atoms with Crippen LogP contribution in [0, 0.1) is 5.82 Å². The highest BCUT2D eigenvalue weighted by Gasteiger charge is 2.13. The molecule has 9 heteroatoms. The van der Waals surface area contributed by atoms with Gasteiger partial charge in [0.25, 0.3) is 5.91 Å². The number of carbonyl (C=O) groups excluding carboxylic acids is 1. The molecule has 5 aromatic rings. The van der Waals surface area contributed by atoms with E-state index in [4.69, 9.17) is 4.74 Å². The van der Waals surface area contributed by atoms with Crippen LogP contribution in [0.15, 0.2) is 85.5 Å². The molecule has 0 saturated carbocycles. The first-order valence-electron chi connectivity index (χ1n) is 10.1. The number of aromatic nitrogens is 5. The number of ether oxygens (including phenoxy) is 1. The minimum absolute atomic E-state index is 0.0896. The fourth-order valence-corrected chi connectivity index (χ4v) is 3.27. The summed E-state index contributed by atoms with van der Waals surface area (Å²) in [6.07, 6.45) is 3.08. The molecular formula is C24H17FN6O2. The average molecular weight is 440 g/mol. The second kappa shape index (κ2) is 8.83. The Hall–Kier alpha value is -4.66. The second-order valence-corrected chi connectivity index (χ2v) is 7.07. The minimum atomic E-state index is -0.519. The molecule has 2 aromatic heterocycles. The summed E-state index contributed by atoms with van der Waals surface area (Å²) in [6.45, 7) is -0.333. The van der Waals surface area contributed by atoms with Crippen LogP contribution in [0.1, 0.15) is 0 Å². The Morgan fingerprint density at radius 1 is 0.970 bits per heavy atom. The number of amides is 1. The standard InChI is InChI=1S/C24H17FN6O2/c25-19-6-2-4-8-21(19)28-22(32)13-33-24-18-5-1-3-7-20(18)29-23(30-24)16-9-11-17(12-10-16)31-15-26-14-27-31/h1-12,14-15H,13H2,(H,28,32). The Morgan fingerprint density at radius 2 is 1.76 bits per heavy atom. The van der Waals surface area contributed by atoms with Crippen LogP contribution in [0.25, 0.3) is 28.0 Å². The lowest BCUT2D eigenvalue weighted by molar-refractivity contribution is -0.118. The smallest absolute Gasteiger partial charge is 0.262 e. The van der Waals surface area contributed by atoms with E-state index in [1.165, 1.54) is 18.5 Å². The Labute approximate surface area is 187 Å². The number of benzene rings is 3. The average Bonchev–Trinajstić information content (AvgIpc) is 3.39. The molecule has 0 atom stereocenters. The zero-order valence-electron chi connectivity index (χ0n) is 17.2. The van der Waals surface area contributed by atoms with Gasteiger partial charge in [-0.3, -0.25) is 4.79 Å². The van der Waals surface area contributed by atoms with Crippen molar-refractivity contribution in [2.45, 2.75) is 0 Å². The lowest BCUT2D eigenvalue weighted by Crippen LogP contribution is -2.21. The maximum atomic E-state index is 13.8. The van der Waals surface area contributed by atoms with Crippen LogP contribution >= 0.6 is 0 Å². The molecule has 0 aliphatic carbocycles. The van der Waals surface area contributed by atoms with Crippen molar-refractivity contribution in [1.29, 1.82) is 0 Å². The van der Waals surface area contributed by atoms with Gasteiger partial charge >= 0.3 is 0 Å². The lowest BCUT2D eigenvalue weighted by Gasteiger charge is -2.11. The molecule has 1 N–H and O–H groups in total. The molecule has 33 heavy (non-hydrogen) atoms. The van der Waals surface area contributed by atoms with Gasteiger partial charge in [0, 0.05) is 5.56 Å². The molecule has 1 amide bonds. The zero-order valence-corrected chi connectivity index (χ0v) is 17.2. The van der Waals surface area contributed by atoms with E-state index in [9.17, 15) is 9.18 Å².